The number of rotatable bonds is 2. The predicted molar refractivity (Wildman–Crippen MR) is 74.5 cm³/mol. The van der Waals surface area contributed by atoms with Crippen LogP contribution in [0.2, 0.25) is 5.02 Å². The Labute approximate surface area is 115 Å². The molecule has 5 heteroatoms. The monoisotopic (exact) mass is 278 g/mol. The number of hydrogen-bond acceptors (Lipinski definition) is 2. The second-order valence-corrected chi connectivity index (χ2v) is 5.55. The molecule has 3 N–H and O–H groups in total. The number of aromatic nitrogens is 1. The van der Waals surface area contributed by atoms with Gasteiger partial charge in [0.05, 0.1) is 5.92 Å². The standard InChI is InChI=1S/C14H15ClN2O2/c1-7-2-8-3-11(15)10(5-12(8)17-7)13-4-9(6-16-13)14(18)19/h2-3,5,9,13,16-17H,4,6H2,1H3,(H,18,19). The molecule has 2 heterocycles. The number of fused-ring (bicyclic) bond motifs is 1. The number of aromatic amines is 1. The van der Waals surface area contributed by atoms with Gasteiger partial charge in [0.2, 0.25) is 0 Å². The van der Waals surface area contributed by atoms with Gasteiger partial charge in [0, 0.05) is 34.2 Å². The van der Waals surface area contributed by atoms with Crippen LogP contribution in [-0.2, 0) is 4.79 Å². The zero-order chi connectivity index (χ0) is 13.6. The molecule has 1 aliphatic rings. The summed E-state index contributed by atoms with van der Waals surface area (Å²) in [7, 11) is 0. The summed E-state index contributed by atoms with van der Waals surface area (Å²) in [6, 6.07) is 6.02. The normalized spacial score (nSPS) is 23.1. The summed E-state index contributed by atoms with van der Waals surface area (Å²) in [5.74, 6) is -1.08. The van der Waals surface area contributed by atoms with E-state index in [1.165, 1.54) is 0 Å². The van der Waals surface area contributed by atoms with E-state index in [4.69, 9.17) is 16.7 Å². The molecule has 0 spiro atoms. The van der Waals surface area contributed by atoms with E-state index in [1.807, 2.05) is 25.1 Å². The van der Waals surface area contributed by atoms with Gasteiger partial charge in [0.1, 0.15) is 0 Å². The second kappa shape index (κ2) is 4.54. The van der Waals surface area contributed by atoms with E-state index >= 15 is 0 Å². The Balaban J connectivity index is 1.96. The number of carboxylic acid groups (broad SMARTS) is 1. The van der Waals surface area contributed by atoms with E-state index in [0.717, 1.165) is 22.2 Å². The van der Waals surface area contributed by atoms with Gasteiger partial charge in [-0.15, -0.1) is 0 Å². The number of carboxylic acids is 1. The van der Waals surface area contributed by atoms with Crippen molar-refractivity contribution in [1.29, 1.82) is 0 Å². The van der Waals surface area contributed by atoms with E-state index < -0.39 is 5.97 Å². The fourth-order valence-electron chi connectivity index (χ4n) is 2.74. The zero-order valence-electron chi connectivity index (χ0n) is 10.5. The summed E-state index contributed by atoms with van der Waals surface area (Å²) in [5, 5.41) is 14.1. The van der Waals surface area contributed by atoms with Crippen LogP contribution < -0.4 is 5.32 Å². The maximum atomic E-state index is 11.0. The first-order valence-electron chi connectivity index (χ1n) is 6.29. The van der Waals surface area contributed by atoms with Gasteiger partial charge in [0.15, 0.2) is 0 Å². The van der Waals surface area contributed by atoms with Crippen molar-refractivity contribution in [2.24, 2.45) is 5.92 Å². The highest BCUT2D eigenvalue weighted by atomic mass is 35.5. The quantitative estimate of drug-likeness (QED) is 0.791. The Hall–Kier alpha value is -1.52. The average molecular weight is 279 g/mol. The predicted octanol–water partition coefficient (Wildman–Crippen LogP) is 2.86. The van der Waals surface area contributed by atoms with E-state index in [-0.39, 0.29) is 12.0 Å². The lowest BCUT2D eigenvalue weighted by Crippen LogP contribution is -2.17. The van der Waals surface area contributed by atoms with Crippen molar-refractivity contribution >= 4 is 28.5 Å². The van der Waals surface area contributed by atoms with Crippen molar-refractivity contribution in [1.82, 2.24) is 10.3 Å². The van der Waals surface area contributed by atoms with Crippen molar-refractivity contribution in [3.63, 3.8) is 0 Å². The van der Waals surface area contributed by atoms with E-state index in [1.54, 1.807) is 0 Å². The van der Waals surface area contributed by atoms with E-state index in [0.29, 0.717) is 18.0 Å². The Bertz CT molecular complexity index is 650. The lowest BCUT2D eigenvalue weighted by Gasteiger charge is -2.13. The van der Waals surface area contributed by atoms with Gasteiger partial charge in [0.25, 0.3) is 0 Å². The molecular weight excluding hydrogens is 264 g/mol. The molecule has 2 atom stereocenters. The third-order valence-electron chi connectivity index (χ3n) is 3.73. The lowest BCUT2D eigenvalue weighted by atomic mass is 9.99. The molecule has 100 valence electrons. The van der Waals surface area contributed by atoms with E-state index in [2.05, 4.69) is 10.3 Å². The summed E-state index contributed by atoms with van der Waals surface area (Å²) in [6.45, 7) is 2.50. The molecule has 3 rings (SSSR count). The lowest BCUT2D eigenvalue weighted by molar-refractivity contribution is -0.141. The zero-order valence-corrected chi connectivity index (χ0v) is 11.3. The number of H-pyrrole nitrogens is 1. The van der Waals surface area contributed by atoms with Crippen LogP contribution in [0.3, 0.4) is 0 Å². The summed E-state index contributed by atoms with van der Waals surface area (Å²) in [4.78, 5) is 14.3. The third kappa shape index (κ3) is 2.22. The fraction of sp³-hybridized carbons (Fsp3) is 0.357. The van der Waals surface area contributed by atoms with Crippen LogP contribution in [0, 0.1) is 12.8 Å². The number of hydrogen-bond donors (Lipinski definition) is 3. The molecule has 0 amide bonds. The number of carbonyl (C=O) groups is 1. The Morgan fingerprint density at radius 3 is 2.89 bits per heavy atom. The molecule has 0 saturated carbocycles. The highest BCUT2D eigenvalue weighted by molar-refractivity contribution is 6.32. The van der Waals surface area contributed by atoms with Gasteiger partial charge in [-0.2, -0.15) is 0 Å². The Morgan fingerprint density at radius 1 is 1.42 bits per heavy atom. The number of halogens is 1. The van der Waals surface area contributed by atoms with Gasteiger partial charge in [-0.25, -0.2) is 0 Å². The van der Waals surface area contributed by atoms with Crippen LogP contribution in [0.5, 0.6) is 0 Å². The summed E-state index contributed by atoms with van der Waals surface area (Å²) in [6.07, 6.45) is 0.584. The van der Waals surface area contributed by atoms with Crippen LogP contribution in [0.25, 0.3) is 10.9 Å². The fourth-order valence-corrected chi connectivity index (χ4v) is 3.05. The number of nitrogens with one attached hydrogen (secondary N) is 2. The molecule has 0 aliphatic carbocycles. The van der Waals surface area contributed by atoms with Crippen molar-refractivity contribution in [2.75, 3.05) is 6.54 Å². The smallest absolute Gasteiger partial charge is 0.307 e. The van der Waals surface area contributed by atoms with Crippen LogP contribution in [-0.4, -0.2) is 22.6 Å². The molecular formula is C14H15ClN2O2. The van der Waals surface area contributed by atoms with Crippen LogP contribution >= 0.6 is 11.6 Å². The highest BCUT2D eigenvalue weighted by Gasteiger charge is 2.31. The van der Waals surface area contributed by atoms with Gasteiger partial charge in [-0.3, -0.25) is 4.79 Å². The molecule has 0 radical (unpaired) electrons. The number of aliphatic carboxylic acids is 1. The molecule has 1 aromatic heterocycles. The van der Waals surface area contributed by atoms with Gasteiger partial charge >= 0.3 is 5.97 Å². The molecule has 0 bridgehead atoms. The number of aryl methyl sites for hydroxylation is 1. The van der Waals surface area contributed by atoms with Crippen LogP contribution in [0.4, 0.5) is 0 Å². The van der Waals surface area contributed by atoms with Crippen molar-refractivity contribution < 1.29 is 9.90 Å². The molecule has 1 aliphatic heterocycles. The molecule has 19 heavy (non-hydrogen) atoms. The van der Waals surface area contributed by atoms with Crippen molar-refractivity contribution in [2.45, 2.75) is 19.4 Å². The third-order valence-corrected chi connectivity index (χ3v) is 4.06. The molecule has 1 fully saturated rings. The maximum absolute atomic E-state index is 11.0. The average Bonchev–Trinajstić information content (AvgIpc) is 2.92. The highest BCUT2D eigenvalue weighted by Crippen LogP contribution is 2.34. The first kappa shape index (κ1) is 12.5. The summed E-state index contributed by atoms with van der Waals surface area (Å²) in [5.41, 5.74) is 3.10. The first-order valence-corrected chi connectivity index (χ1v) is 6.67. The molecule has 2 aromatic rings. The minimum absolute atomic E-state index is 0.0154. The summed E-state index contributed by atoms with van der Waals surface area (Å²) < 4.78 is 0. The minimum atomic E-state index is -0.747. The molecule has 4 nitrogen and oxygen atoms in total. The van der Waals surface area contributed by atoms with Gasteiger partial charge in [-0.1, -0.05) is 11.6 Å². The summed E-state index contributed by atoms with van der Waals surface area (Å²) >= 11 is 6.32. The second-order valence-electron chi connectivity index (χ2n) is 5.15. The number of benzene rings is 1. The topological polar surface area (TPSA) is 65.1 Å². The van der Waals surface area contributed by atoms with Crippen LogP contribution in [0.15, 0.2) is 18.2 Å². The van der Waals surface area contributed by atoms with E-state index in [9.17, 15) is 4.79 Å². The largest absolute Gasteiger partial charge is 0.481 e. The van der Waals surface area contributed by atoms with Crippen molar-refractivity contribution in [3.05, 3.63) is 34.5 Å². The minimum Gasteiger partial charge on any atom is -0.481 e. The molecule has 2 unspecified atom stereocenters. The van der Waals surface area contributed by atoms with Gasteiger partial charge in [-0.05, 0) is 37.1 Å². The molecule has 1 aromatic carbocycles. The maximum Gasteiger partial charge on any atom is 0.307 e. The SMILES string of the molecule is Cc1cc2cc(Cl)c(C3CC(C(=O)O)CN3)cc2[nH]1. The van der Waals surface area contributed by atoms with Crippen molar-refractivity contribution in [3.8, 4) is 0 Å². The molecule has 1 saturated heterocycles. The first-order chi connectivity index (χ1) is 9.04. The Morgan fingerprint density at radius 2 is 2.21 bits per heavy atom. The van der Waals surface area contributed by atoms with Crippen LogP contribution in [0.1, 0.15) is 23.7 Å². The Kier molecular flexibility index (Phi) is 2.99. The van der Waals surface area contributed by atoms with Gasteiger partial charge < -0.3 is 15.4 Å².